The molecule has 0 fully saturated rings. The molecule has 5 nitrogen and oxygen atoms in total. The fourth-order valence-corrected chi connectivity index (χ4v) is 3.76. The molecule has 27 heavy (non-hydrogen) atoms. The fraction of sp³-hybridized carbons (Fsp3) is 0.190. The Hall–Kier alpha value is -3.28. The average molecular weight is 359 g/mol. The van der Waals surface area contributed by atoms with E-state index in [-0.39, 0.29) is 11.9 Å². The first-order valence-electron chi connectivity index (χ1n) is 9.09. The summed E-state index contributed by atoms with van der Waals surface area (Å²) in [5, 5.41) is 3.30. The molecule has 3 heterocycles. The Labute approximate surface area is 155 Å². The van der Waals surface area contributed by atoms with Crippen molar-refractivity contribution in [1.29, 1.82) is 0 Å². The van der Waals surface area contributed by atoms with E-state index >= 15 is 0 Å². The van der Waals surface area contributed by atoms with Crippen LogP contribution in [-0.2, 0) is 6.42 Å². The van der Waals surface area contributed by atoms with E-state index in [1.165, 1.54) is 17.3 Å². The summed E-state index contributed by atoms with van der Waals surface area (Å²) in [5.74, 6) is 0.227. The summed E-state index contributed by atoms with van der Waals surface area (Å²) in [7, 11) is 0. The van der Waals surface area contributed by atoms with Crippen molar-refractivity contribution < 1.29 is 4.39 Å². The quantitative estimate of drug-likeness (QED) is 0.588. The first kappa shape index (κ1) is 15.9. The van der Waals surface area contributed by atoms with Gasteiger partial charge in [-0.15, -0.1) is 0 Å². The highest BCUT2D eigenvalue weighted by Gasteiger charge is 2.22. The van der Waals surface area contributed by atoms with Gasteiger partial charge in [-0.1, -0.05) is 30.3 Å². The van der Waals surface area contributed by atoms with Crippen LogP contribution in [0.3, 0.4) is 0 Å². The Bertz CT molecular complexity index is 1120. The van der Waals surface area contributed by atoms with Gasteiger partial charge in [-0.2, -0.15) is 0 Å². The minimum absolute atomic E-state index is 0.0504. The first-order chi connectivity index (χ1) is 13.3. The molecule has 1 aromatic carbocycles. The zero-order valence-corrected chi connectivity index (χ0v) is 14.6. The van der Waals surface area contributed by atoms with Crippen molar-refractivity contribution in [1.82, 2.24) is 19.4 Å². The van der Waals surface area contributed by atoms with Gasteiger partial charge in [0.15, 0.2) is 17.5 Å². The highest BCUT2D eigenvalue weighted by Crippen LogP contribution is 2.32. The minimum atomic E-state index is -0.448. The summed E-state index contributed by atoms with van der Waals surface area (Å²) in [5.41, 5.74) is 4.07. The number of anilines is 1. The predicted octanol–water partition coefficient (Wildman–Crippen LogP) is 4.42. The van der Waals surface area contributed by atoms with Crippen molar-refractivity contribution >= 4 is 11.5 Å². The molecule has 5 rings (SSSR count). The maximum Gasteiger partial charge on any atom is 0.183 e. The Morgan fingerprint density at radius 1 is 1.04 bits per heavy atom. The van der Waals surface area contributed by atoms with Gasteiger partial charge in [-0.3, -0.25) is 4.40 Å². The lowest BCUT2D eigenvalue weighted by molar-refractivity contribution is 0.579. The molecule has 134 valence electrons. The van der Waals surface area contributed by atoms with Crippen LogP contribution in [0.2, 0.25) is 0 Å². The monoisotopic (exact) mass is 359 g/mol. The number of aromatic nitrogens is 4. The third-order valence-electron chi connectivity index (χ3n) is 5.07. The molecule has 4 aromatic rings. The third kappa shape index (κ3) is 2.83. The molecule has 0 saturated heterocycles. The largest absolute Gasteiger partial charge is 0.361 e. The van der Waals surface area contributed by atoms with Gasteiger partial charge < -0.3 is 5.32 Å². The Balaban J connectivity index is 1.52. The molecule has 1 aliphatic carbocycles. The summed E-state index contributed by atoms with van der Waals surface area (Å²) in [4.78, 5) is 13.0. The predicted molar refractivity (Wildman–Crippen MR) is 102 cm³/mol. The van der Waals surface area contributed by atoms with Gasteiger partial charge in [0.1, 0.15) is 11.3 Å². The smallest absolute Gasteiger partial charge is 0.183 e. The van der Waals surface area contributed by atoms with Crippen molar-refractivity contribution in [3.8, 4) is 11.5 Å². The van der Waals surface area contributed by atoms with Crippen molar-refractivity contribution in [3.05, 3.63) is 78.0 Å². The number of aryl methyl sites for hydroxylation is 1. The number of nitrogens with zero attached hydrogens (tertiary/aromatic N) is 4. The molecule has 0 unspecified atom stereocenters. The topological polar surface area (TPSA) is 55.1 Å². The summed E-state index contributed by atoms with van der Waals surface area (Å²) in [6, 6.07) is 14.1. The standard InChI is InChI=1S/C21H18FN5/c22-16-12-24-21(18-13-23-19-10-3-4-11-27(18)19)26-20(16)25-17-9-5-7-14-6-1-2-8-15(14)17/h1-4,6,8,10-13,17H,5,7,9H2,(H,24,25,26)/t17-/m0/s1. The Morgan fingerprint density at radius 3 is 2.89 bits per heavy atom. The Kier molecular flexibility index (Phi) is 3.81. The van der Waals surface area contributed by atoms with Crippen LogP contribution in [0.4, 0.5) is 10.2 Å². The van der Waals surface area contributed by atoms with Crippen LogP contribution < -0.4 is 5.32 Å². The molecule has 6 heteroatoms. The first-order valence-corrected chi connectivity index (χ1v) is 9.09. The van der Waals surface area contributed by atoms with Crippen LogP contribution >= 0.6 is 0 Å². The SMILES string of the molecule is Fc1cnc(-c2cnc3ccccn23)nc1N[C@H]1CCCc2ccccc21. The molecule has 0 radical (unpaired) electrons. The van der Waals surface area contributed by atoms with Crippen LogP contribution in [0.1, 0.15) is 30.0 Å². The zero-order valence-electron chi connectivity index (χ0n) is 14.6. The van der Waals surface area contributed by atoms with Crippen molar-refractivity contribution in [2.45, 2.75) is 25.3 Å². The lowest BCUT2D eigenvalue weighted by atomic mass is 9.88. The second kappa shape index (κ2) is 6.46. The molecule has 1 atom stereocenters. The number of rotatable bonds is 3. The van der Waals surface area contributed by atoms with Crippen molar-refractivity contribution in [3.63, 3.8) is 0 Å². The number of fused-ring (bicyclic) bond motifs is 2. The minimum Gasteiger partial charge on any atom is -0.361 e. The number of imidazole rings is 1. The summed E-state index contributed by atoms with van der Waals surface area (Å²) < 4.78 is 16.3. The van der Waals surface area contributed by atoms with E-state index in [1.54, 1.807) is 6.20 Å². The maximum atomic E-state index is 14.4. The Morgan fingerprint density at radius 2 is 1.93 bits per heavy atom. The fourth-order valence-electron chi connectivity index (χ4n) is 3.76. The second-order valence-electron chi connectivity index (χ2n) is 6.75. The van der Waals surface area contributed by atoms with E-state index in [2.05, 4.69) is 38.5 Å². The normalized spacial score (nSPS) is 16.3. The third-order valence-corrected chi connectivity index (χ3v) is 5.07. The number of benzene rings is 1. The van der Waals surface area contributed by atoms with Gasteiger partial charge in [-0.05, 0) is 42.5 Å². The van der Waals surface area contributed by atoms with Gasteiger partial charge in [0, 0.05) is 6.20 Å². The molecular formula is C21H18FN5. The van der Waals surface area contributed by atoms with E-state index in [0.717, 1.165) is 30.6 Å². The van der Waals surface area contributed by atoms with Crippen LogP contribution in [0, 0.1) is 5.82 Å². The molecule has 0 amide bonds. The summed E-state index contributed by atoms with van der Waals surface area (Å²) >= 11 is 0. The van der Waals surface area contributed by atoms with E-state index in [4.69, 9.17) is 0 Å². The lowest BCUT2D eigenvalue weighted by Crippen LogP contribution is -2.19. The zero-order chi connectivity index (χ0) is 18.2. The molecule has 0 saturated carbocycles. The van der Waals surface area contributed by atoms with Gasteiger partial charge in [0.05, 0.1) is 18.4 Å². The van der Waals surface area contributed by atoms with Crippen LogP contribution in [-0.4, -0.2) is 19.4 Å². The summed E-state index contributed by atoms with van der Waals surface area (Å²) in [6.45, 7) is 0. The number of halogens is 1. The molecular weight excluding hydrogens is 341 g/mol. The van der Waals surface area contributed by atoms with Gasteiger partial charge >= 0.3 is 0 Å². The number of nitrogens with one attached hydrogen (secondary N) is 1. The molecule has 1 N–H and O–H groups in total. The van der Waals surface area contributed by atoms with E-state index in [0.29, 0.717) is 5.82 Å². The highest BCUT2D eigenvalue weighted by atomic mass is 19.1. The van der Waals surface area contributed by atoms with Crippen LogP contribution in [0.15, 0.2) is 61.1 Å². The van der Waals surface area contributed by atoms with Crippen molar-refractivity contribution in [2.24, 2.45) is 0 Å². The van der Waals surface area contributed by atoms with Gasteiger partial charge in [0.2, 0.25) is 0 Å². The van der Waals surface area contributed by atoms with E-state index in [1.807, 2.05) is 34.9 Å². The number of hydrogen-bond donors (Lipinski definition) is 1. The molecule has 1 aliphatic rings. The van der Waals surface area contributed by atoms with Crippen LogP contribution in [0.5, 0.6) is 0 Å². The molecule has 0 aliphatic heterocycles. The van der Waals surface area contributed by atoms with E-state index < -0.39 is 5.82 Å². The molecule has 0 spiro atoms. The summed E-state index contributed by atoms with van der Waals surface area (Å²) in [6.07, 6.45) is 7.92. The number of pyridine rings is 1. The number of hydrogen-bond acceptors (Lipinski definition) is 4. The maximum absolute atomic E-state index is 14.4. The van der Waals surface area contributed by atoms with E-state index in [9.17, 15) is 4.39 Å². The molecule has 3 aromatic heterocycles. The molecule has 0 bridgehead atoms. The van der Waals surface area contributed by atoms with Crippen LogP contribution in [0.25, 0.3) is 17.2 Å². The lowest BCUT2D eigenvalue weighted by Gasteiger charge is -2.27. The van der Waals surface area contributed by atoms with Crippen molar-refractivity contribution in [2.75, 3.05) is 5.32 Å². The average Bonchev–Trinajstić information content (AvgIpc) is 3.14. The van der Waals surface area contributed by atoms with Gasteiger partial charge in [-0.25, -0.2) is 19.3 Å². The second-order valence-corrected chi connectivity index (χ2v) is 6.75. The highest BCUT2D eigenvalue weighted by molar-refractivity contribution is 5.58. The van der Waals surface area contributed by atoms with Gasteiger partial charge in [0.25, 0.3) is 0 Å².